The quantitative estimate of drug-likeness (QED) is 0.800. The highest BCUT2D eigenvalue weighted by molar-refractivity contribution is 6.31. The molecule has 0 aliphatic carbocycles. The van der Waals surface area contributed by atoms with Crippen molar-refractivity contribution in [3.05, 3.63) is 46.8 Å². The average Bonchev–Trinajstić information content (AvgIpc) is 2.80. The van der Waals surface area contributed by atoms with Crippen LogP contribution in [0.1, 0.15) is 29.5 Å². The van der Waals surface area contributed by atoms with E-state index in [0.29, 0.717) is 11.6 Å². The molecule has 2 aromatic rings. The molecule has 0 saturated heterocycles. The van der Waals surface area contributed by atoms with Crippen molar-refractivity contribution >= 4 is 17.4 Å². The first-order chi connectivity index (χ1) is 8.63. The molecule has 0 N–H and O–H groups in total. The van der Waals surface area contributed by atoms with Crippen LogP contribution >= 0.6 is 11.6 Å². The van der Waals surface area contributed by atoms with Crippen LogP contribution in [-0.2, 0) is 6.54 Å². The molecule has 0 spiro atoms. The molecule has 6 heteroatoms. The fourth-order valence-corrected chi connectivity index (χ4v) is 1.78. The Bertz CT molecular complexity index is 582. The van der Waals surface area contributed by atoms with Crippen LogP contribution in [0.15, 0.2) is 24.5 Å². The maximum absolute atomic E-state index is 13.6. The van der Waals surface area contributed by atoms with E-state index >= 15 is 0 Å². The van der Waals surface area contributed by atoms with Gasteiger partial charge in [0.2, 0.25) is 5.78 Å². The first kappa shape index (κ1) is 12.7. The monoisotopic (exact) mass is 267 g/mol. The zero-order chi connectivity index (χ0) is 13.1. The van der Waals surface area contributed by atoms with Crippen LogP contribution in [0.2, 0.25) is 5.02 Å². The number of aryl methyl sites for hydroxylation is 1. The van der Waals surface area contributed by atoms with E-state index in [1.54, 1.807) is 0 Å². The Balaban J connectivity index is 2.41. The van der Waals surface area contributed by atoms with Gasteiger partial charge in [-0.1, -0.05) is 18.5 Å². The van der Waals surface area contributed by atoms with E-state index in [2.05, 4.69) is 10.1 Å². The summed E-state index contributed by atoms with van der Waals surface area (Å²) in [5.74, 6) is -1.01. The molecule has 0 unspecified atom stereocenters. The maximum atomic E-state index is 13.6. The van der Waals surface area contributed by atoms with Crippen LogP contribution in [0, 0.1) is 5.82 Å². The van der Waals surface area contributed by atoms with Crippen LogP contribution < -0.4 is 0 Å². The van der Waals surface area contributed by atoms with Gasteiger partial charge < -0.3 is 0 Å². The molecule has 0 aliphatic heterocycles. The second kappa shape index (κ2) is 5.27. The summed E-state index contributed by atoms with van der Waals surface area (Å²) in [6.07, 6.45) is 2.09. The Morgan fingerprint density at radius 2 is 2.28 bits per heavy atom. The summed E-state index contributed by atoms with van der Waals surface area (Å²) in [5, 5.41) is 4.24. The molecule has 1 aromatic heterocycles. The van der Waals surface area contributed by atoms with Gasteiger partial charge in [0.05, 0.1) is 5.56 Å². The molecule has 1 heterocycles. The van der Waals surface area contributed by atoms with Crippen LogP contribution in [0.4, 0.5) is 4.39 Å². The first-order valence-corrected chi connectivity index (χ1v) is 5.89. The standard InChI is InChI=1S/C12H11ClFN3O/c1-2-5-17-12(15-7-16-17)11(18)9-6-8(13)3-4-10(9)14/h3-4,6-7H,2,5H2,1H3. The molecule has 0 aliphatic rings. The molecule has 94 valence electrons. The van der Waals surface area contributed by atoms with Gasteiger partial charge in [0.15, 0.2) is 5.82 Å². The van der Waals surface area contributed by atoms with Crippen LogP contribution in [0.3, 0.4) is 0 Å². The van der Waals surface area contributed by atoms with E-state index in [1.807, 2.05) is 6.92 Å². The number of carbonyl (C=O) groups is 1. The Morgan fingerprint density at radius 3 is 3.00 bits per heavy atom. The third-order valence-electron chi connectivity index (χ3n) is 2.43. The largest absolute Gasteiger partial charge is 0.285 e. The lowest BCUT2D eigenvalue weighted by Gasteiger charge is -2.05. The van der Waals surface area contributed by atoms with Gasteiger partial charge in [0, 0.05) is 11.6 Å². The van der Waals surface area contributed by atoms with Gasteiger partial charge in [-0.2, -0.15) is 5.10 Å². The SMILES string of the molecule is CCCn1ncnc1C(=O)c1cc(Cl)ccc1F. The Labute approximate surface area is 108 Å². The smallest absolute Gasteiger partial charge is 0.232 e. The normalized spacial score (nSPS) is 10.6. The zero-order valence-electron chi connectivity index (χ0n) is 9.73. The lowest BCUT2D eigenvalue weighted by atomic mass is 10.1. The summed E-state index contributed by atoms with van der Waals surface area (Å²) in [6, 6.07) is 3.85. The Kier molecular flexibility index (Phi) is 3.72. The summed E-state index contributed by atoms with van der Waals surface area (Å²) in [5.41, 5.74) is -0.0900. The number of aromatic nitrogens is 3. The van der Waals surface area contributed by atoms with Gasteiger partial charge in [-0.25, -0.2) is 14.1 Å². The van der Waals surface area contributed by atoms with E-state index in [9.17, 15) is 9.18 Å². The molecule has 0 saturated carbocycles. The maximum Gasteiger partial charge on any atom is 0.232 e. The van der Waals surface area contributed by atoms with E-state index < -0.39 is 11.6 Å². The lowest BCUT2D eigenvalue weighted by Crippen LogP contribution is -2.14. The molecule has 18 heavy (non-hydrogen) atoms. The van der Waals surface area contributed by atoms with Crippen LogP contribution in [0.25, 0.3) is 0 Å². The number of carbonyl (C=O) groups excluding carboxylic acids is 1. The number of benzene rings is 1. The highest BCUT2D eigenvalue weighted by atomic mass is 35.5. The highest BCUT2D eigenvalue weighted by Crippen LogP contribution is 2.17. The topological polar surface area (TPSA) is 47.8 Å². The highest BCUT2D eigenvalue weighted by Gasteiger charge is 2.19. The molecule has 4 nitrogen and oxygen atoms in total. The van der Waals surface area contributed by atoms with Crippen molar-refractivity contribution < 1.29 is 9.18 Å². The van der Waals surface area contributed by atoms with E-state index in [4.69, 9.17) is 11.6 Å². The molecule has 0 bridgehead atoms. The van der Waals surface area contributed by atoms with E-state index in [1.165, 1.54) is 23.1 Å². The van der Waals surface area contributed by atoms with Crippen molar-refractivity contribution in [2.24, 2.45) is 0 Å². The third kappa shape index (κ3) is 2.41. The van der Waals surface area contributed by atoms with Crippen molar-refractivity contribution in [1.82, 2.24) is 14.8 Å². The van der Waals surface area contributed by atoms with Gasteiger partial charge in [-0.15, -0.1) is 0 Å². The summed E-state index contributed by atoms with van der Waals surface area (Å²) in [4.78, 5) is 16.0. The van der Waals surface area contributed by atoms with E-state index in [0.717, 1.165) is 12.5 Å². The van der Waals surface area contributed by atoms with Crippen LogP contribution in [0.5, 0.6) is 0 Å². The number of nitrogens with zero attached hydrogens (tertiary/aromatic N) is 3. The number of hydrogen-bond acceptors (Lipinski definition) is 3. The average molecular weight is 268 g/mol. The fraction of sp³-hybridized carbons (Fsp3) is 0.250. The number of ketones is 1. The Morgan fingerprint density at radius 1 is 1.50 bits per heavy atom. The molecular weight excluding hydrogens is 257 g/mol. The minimum atomic E-state index is -0.615. The molecule has 0 radical (unpaired) electrons. The molecule has 0 amide bonds. The minimum absolute atomic E-state index is 0.0900. The van der Waals surface area contributed by atoms with Gasteiger partial charge in [0.25, 0.3) is 0 Å². The summed E-state index contributed by atoms with van der Waals surface area (Å²) >= 11 is 5.76. The van der Waals surface area contributed by atoms with Crippen molar-refractivity contribution in [2.75, 3.05) is 0 Å². The number of hydrogen-bond donors (Lipinski definition) is 0. The molecule has 2 rings (SSSR count). The van der Waals surface area contributed by atoms with Crippen LogP contribution in [-0.4, -0.2) is 20.5 Å². The van der Waals surface area contributed by atoms with Gasteiger partial charge in [0.1, 0.15) is 12.1 Å². The Hall–Kier alpha value is -1.75. The second-order valence-corrected chi connectivity index (χ2v) is 4.20. The first-order valence-electron chi connectivity index (χ1n) is 5.51. The second-order valence-electron chi connectivity index (χ2n) is 3.76. The molecule has 0 fully saturated rings. The number of rotatable bonds is 4. The lowest BCUT2D eigenvalue weighted by molar-refractivity contribution is 0.102. The molecule has 1 aromatic carbocycles. The van der Waals surface area contributed by atoms with Gasteiger partial charge in [-0.05, 0) is 24.6 Å². The molecule has 0 atom stereocenters. The summed E-state index contributed by atoms with van der Waals surface area (Å²) in [6.45, 7) is 2.51. The van der Waals surface area contributed by atoms with Crippen molar-refractivity contribution in [1.29, 1.82) is 0 Å². The number of halogens is 2. The minimum Gasteiger partial charge on any atom is -0.285 e. The predicted molar refractivity (Wildman–Crippen MR) is 65.2 cm³/mol. The summed E-state index contributed by atoms with van der Waals surface area (Å²) < 4.78 is 15.1. The predicted octanol–water partition coefficient (Wildman–Crippen LogP) is 2.71. The molecular formula is C12H11ClFN3O. The van der Waals surface area contributed by atoms with Crippen molar-refractivity contribution in [3.8, 4) is 0 Å². The fourth-order valence-electron chi connectivity index (χ4n) is 1.61. The van der Waals surface area contributed by atoms with Gasteiger partial charge >= 0.3 is 0 Å². The van der Waals surface area contributed by atoms with E-state index in [-0.39, 0.29) is 11.4 Å². The van der Waals surface area contributed by atoms with Crippen molar-refractivity contribution in [3.63, 3.8) is 0 Å². The summed E-state index contributed by atoms with van der Waals surface area (Å²) in [7, 11) is 0. The zero-order valence-corrected chi connectivity index (χ0v) is 10.5. The third-order valence-corrected chi connectivity index (χ3v) is 2.66. The van der Waals surface area contributed by atoms with Gasteiger partial charge in [-0.3, -0.25) is 4.79 Å². The van der Waals surface area contributed by atoms with Crippen molar-refractivity contribution in [2.45, 2.75) is 19.9 Å².